The number of aryl methyl sites for hydroxylation is 1. The number of fused-ring (bicyclic) bond motifs is 5. The molecule has 3 unspecified atom stereocenters. The minimum absolute atomic E-state index is 0.319. The summed E-state index contributed by atoms with van der Waals surface area (Å²) in [6, 6.07) is 5.98. The molecule has 1 aromatic rings. The van der Waals surface area contributed by atoms with Crippen molar-refractivity contribution in [2.45, 2.75) is 85.5 Å². The van der Waals surface area contributed by atoms with Gasteiger partial charge in [-0.1, -0.05) is 59.1 Å². The number of aliphatic hydroxyl groups is 1. The van der Waals surface area contributed by atoms with Gasteiger partial charge in [0.25, 0.3) is 0 Å². The van der Waals surface area contributed by atoms with Crippen molar-refractivity contribution in [3.8, 4) is 5.75 Å². The van der Waals surface area contributed by atoms with Crippen LogP contribution in [0.1, 0.15) is 90.2 Å². The van der Waals surface area contributed by atoms with Crippen LogP contribution in [0, 0.1) is 17.3 Å². The van der Waals surface area contributed by atoms with Crippen molar-refractivity contribution in [3.63, 3.8) is 0 Å². The molecule has 3 aliphatic carbocycles. The molecule has 0 saturated heterocycles. The average Bonchev–Trinajstić information content (AvgIpc) is 2.67. The van der Waals surface area contributed by atoms with Gasteiger partial charge < -0.3 is 10.2 Å². The van der Waals surface area contributed by atoms with E-state index >= 15 is 0 Å². The Hall–Kier alpha value is -1.28. The number of phenolic OH excluding ortho intramolecular Hbond substituents is 1. The highest BCUT2D eigenvalue weighted by molar-refractivity contribution is 5.73. The lowest BCUT2D eigenvalue weighted by Crippen LogP contribution is -2.40. The maximum atomic E-state index is 9.69. The van der Waals surface area contributed by atoms with E-state index in [1.807, 2.05) is 19.1 Å². The van der Waals surface area contributed by atoms with Crippen LogP contribution in [0.2, 0.25) is 0 Å². The lowest BCUT2D eigenvalue weighted by Gasteiger charge is -2.50. The Morgan fingerprint density at radius 3 is 2.48 bits per heavy atom. The maximum absolute atomic E-state index is 9.69. The second-order valence-corrected chi connectivity index (χ2v) is 8.79. The minimum atomic E-state index is 0.319. The molecule has 1 saturated carbocycles. The predicted octanol–water partition coefficient (Wildman–Crippen LogP) is 6.74. The van der Waals surface area contributed by atoms with Gasteiger partial charge in [0.1, 0.15) is 5.75 Å². The van der Waals surface area contributed by atoms with Gasteiger partial charge in [-0.05, 0) is 84.6 Å². The smallest absolute Gasteiger partial charge is 0.115 e. The van der Waals surface area contributed by atoms with Crippen molar-refractivity contribution in [1.82, 2.24) is 0 Å². The van der Waals surface area contributed by atoms with Crippen molar-refractivity contribution in [2.75, 3.05) is 6.61 Å². The van der Waals surface area contributed by atoms with E-state index in [1.165, 1.54) is 56.1 Å². The molecule has 152 valence electrons. The number of benzene rings is 1. The fourth-order valence-corrected chi connectivity index (χ4v) is 5.12. The Morgan fingerprint density at radius 1 is 1.11 bits per heavy atom. The third kappa shape index (κ3) is 5.16. The monoisotopic (exact) mass is 372 g/mol. The van der Waals surface area contributed by atoms with Crippen LogP contribution in [0.5, 0.6) is 5.75 Å². The number of hydrogen-bond acceptors (Lipinski definition) is 2. The van der Waals surface area contributed by atoms with Gasteiger partial charge >= 0.3 is 0 Å². The molecular weight excluding hydrogens is 332 g/mol. The Kier molecular flexibility index (Phi) is 8.41. The zero-order valence-corrected chi connectivity index (χ0v) is 17.9. The second-order valence-electron chi connectivity index (χ2n) is 8.79. The molecule has 1 fully saturated rings. The lowest BCUT2D eigenvalue weighted by atomic mass is 9.54. The number of phenols is 1. The van der Waals surface area contributed by atoms with Crippen molar-refractivity contribution in [1.29, 1.82) is 0 Å². The summed E-state index contributed by atoms with van der Waals surface area (Å²) in [7, 11) is 0. The first-order valence-electron chi connectivity index (χ1n) is 11.1. The summed E-state index contributed by atoms with van der Waals surface area (Å²) in [5.74, 6) is 2.07. The Balaban J connectivity index is 0.000000327. The largest absolute Gasteiger partial charge is 0.508 e. The van der Waals surface area contributed by atoms with E-state index in [2.05, 4.69) is 32.9 Å². The van der Waals surface area contributed by atoms with E-state index in [0.29, 0.717) is 17.8 Å². The lowest BCUT2D eigenvalue weighted by molar-refractivity contribution is 0.0738. The van der Waals surface area contributed by atoms with Gasteiger partial charge in [-0.2, -0.15) is 0 Å². The molecule has 0 bridgehead atoms. The normalized spacial score (nSPS) is 28.1. The summed E-state index contributed by atoms with van der Waals surface area (Å²) in [6.07, 6.45) is 14.0. The summed E-state index contributed by atoms with van der Waals surface area (Å²) in [4.78, 5) is 0. The molecule has 3 atom stereocenters. The topological polar surface area (TPSA) is 40.5 Å². The molecule has 1 aromatic carbocycles. The van der Waals surface area contributed by atoms with Crippen LogP contribution >= 0.6 is 0 Å². The molecule has 2 nitrogen and oxygen atoms in total. The number of rotatable bonds is 1. The van der Waals surface area contributed by atoms with E-state index in [4.69, 9.17) is 5.11 Å². The summed E-state index contributed by atoms with van der Waals surface area (Å²) in [5.41, 5.74) is 4.93. The van der Waals surface area contributed by atoms with E-state index in [9.17, 15) is 5.11 Å². The third-order valence-corrected chi connectivity index (χ3v) is 6.43. The van der Waals surface area contributed by atoms with Crippen molar-refractivity contribution < 1.29 is 10.2 Å². The SMILES string of the molecule is CC12CC=C3c4ccc(O)cc4CCC3C1CCCC2.CCC.CCCO. The first kappa shape index (κ1) is 22.0. The van der Waals surface area contributed by atoms with Crippen LogP contribution < -0.4 is 0 Å². The Bertz CT molecular complexity index is 617. The number of aliphatic hydroxyl groups excluding tert-OH is 1. The van der Waals surface area contributed by atoms with Crippen molar-refractivity contribution in [3.05, 3.63) is 35.4 Å². The molecule has 0 spiro atoms. The summed E-state index contributed by atoms with van der Waals surface area (Å²) in [6.45, 7) is 9.02. The van der Waals surface area contributed by atoms with E-state index in [0.717, 1.165) is 24.7 Å². The fraction of sp³-hybridized carbons (Fsp3) is 0.680. The Morgan fingerprint density at radius 2 is 1.81 bits per heavy atom. The zero-order chi connectivity index (χ0) is 19.9. The predicted molar refractivity (Wildman–Crippen MR) is 116 cm³/mol. The molecule has 0 radical (unpaired) electrons. The number of allylic oxidation sites excluding steroid dienone is 2. The van der Waals surface area contributed by atoms with Gasteiger partial charge in [-0.25, -0.2) is 0 Å². The fourth-order valence-electron chi connectivity index (χ4n) is 5.12. The van der Waals surface area contributed by atoms with Crippen LogP contribution in [0.15, 0.2) is 24.3 Å². The van der Waals surface area contributed by atoms with Gasteiger partial charge in [-0.15, -0.1) is 0 Å². The molecule has 0 aliphatic heterocycles. The second kappa shape index (κ2) is 10.3. The van der Waals surface area contributed by atoms with Gasteiger partial charge in [-0.3, -0.25) is 0 Å². The molecule has 0 amide bonds. The van der Waals surface area contributed by atoms with Gasteiger partial charge in [0.15, 0.2) is 0 Å². The maximum Gasteiger partial charge on any atom is 0.115 e. The van der Waals surface area contributed by atoms with Gasteiger partial charge in [0.2, 0.25) is 0 Å². The Labute approximate surface area is 166 Å². The molecule has 0 heterocycles. The van der Waals surface area contributed by atoms with E-state index in [1.54, 1.807) is 5.57 Å². The summed E-state index contributed by atoms with van der Waals surface area (Å²) >= 11 is 0. The van der Waals surface area contributed by atoms with Crippen molar-refractivity contribution in [2.24, 2.45) is 17.3 Å². The van der Waals surface area contributed by atoms with Crippen LogP contribution in [0.25, 0.3) is 5.57 Å². The molecule has 4 rings (SSSR count). The first-order chi connectivity index (χ1) is 13.0. The summed E-state index contributed by atoms with van der Waals surface area (Å²) < 4.78 is 0. The highest BCUT2D eigenvalue weighted by Crippen LogP contribution is 2.56. The highest BCUT2D eigenvalue weighted by atomic mass is 16.3. The molecule has 2 heteroatoms. The highest BCUT2D eigenvalue weighted by Gasteiger charge is 2.45. The van der Waals surface area contributed by atoms with Crippen LogP contribution in [0.3, 0.4) is 0 Å². The van der Waals surface area contributed by atoms with E-state index in [-0.39, 0.29) is 0 Å². The standard InChI is InChI=1S/C19H24O.C3H8O.C3H8/c1-19-10-3-2-4-18(19)17-7-5-13-12-14(20)6-8-15(13)16(17)9-11-19;1-2-3-4;1-3-2/h6,8-9,12,17-18,20H,2-5,7,10-11H2,1H3;4H,2-3H2,1H3;3H2,1-2H3. The molecule has 3 aliphatic rings. The van der Waals surface area contributed by atoms with Crippen LogP contribution in [-0.2, 0) is 6.42 Å². The third-order valence-electron chi connectivity index (χ3n) is 6.43. The number of aromatic hydroxyl groups is 1. The molecule has 0 aromatic heterocycles. The molecule has 2 N–H and O–H groups in total. The number of hydrogen-bond donors (Lipinski definition) is 2. The molecular formula is C25H40O2. The summed E-state index contributed by atoms with van der Waals surface area (Å²) in [5, 5.41) is 17.6. The van der Waals surface area contributed by atoms with E-state index < -0.39 is 0 Å². The minimum Gasteiger partial charge on any atom is -0.508 e. The molecule has 27 heavy (non-hydrogen) atoms. The quantitative estimate of drug-likeness (QED) is 0.573. The van der Waals surface area contributed by atoms with Gasteiger partial charge in [0.05, 0.1) is 0 Å². The average molecular weight is 373 g/mol. The van der Waals surface area contributed by atoms with Crippen LogP contribution in [-0.4, -0.2) is 16.8 Å². The van der Waals surface area contributed by atoms with Crippen LogP contribution in [0.4, 0.5) is 0 Å². The first-order valence-corrected chi connectivity index (χ1v) is 11.1. The zero-order valence-electron chi connectivity index (χ0n) is 17.9. The van der Waals surface area contributed by atoms with Gasteiger partial charge in [0, 0.05) is 6.61 Å². The van der Waals surface area contributed by atoms with Crippen molar-refractivity contribution >= 4 is 5.57 Å².